The molecule has 0 rings (SSSR count). The van der Waals surface area contributed by atoms with Crippen molar-refractivity contribution in [2.45, 2.75) is 25.9 Å². The summed E-state index contributed by atoms with van der Waals surface area (Å²) in [7, 11) is 0. The summed E-state index contributed by atoms with van der Waals surface area (Å²) in [4.78, 5) is 12.2. The molecule has 102 valence electrons. The molecule has 0 amide bonds. The number of hydrogen-bond acceptors (Lipinski definition) is 3. The second-order valence-electron chi connectivity index (χ2n) is 3.69. The Morgan fingerprint density at radius 1 is 1.35 bits per heavy atom. The second kappa shape index (κ2) is 8.30. The third-order valence-electron chi connectivity index (χ3n) is 1.93. The first-order chi connectivity index (χ1) is 7.85. The van der Waals surface area contributed by atoms with Crippen LogP contribution < -0.4 is 0 Å². The monoisotopic (exact) mass is 257 g/mol. The van der Waals surface area contributed by atoms with E-state index in [2.05, 4.69) is 4.74 Å². The van der Waals surface area contributed by atoms with Gasteiger partial charge >= 0.3 is 12.1 Å². The van der Waals surface area contributed by atoms with Gasteiger partial charge in [-0.15, -0.1) is 0 Å². The molecule has 0 saturated heterocycles. The fourth-order valence-electron chi connectivity index (χ4n) is 1.36. The number of alkyl halides is 3. The minimum Gasteiger partial charge on any atom is -0.480 e. The summed E-state index contributed by atoms with van der Waals surface area (Å²) in [6, 6.07) is 0. The summed E-state index contributed by atoms with van der Waals surface area (Å²) in [5.74, 6) is -0.936. The Labute approximate surface area is 98.3 Å². The zero-order valence-electron chi connectivity index (χ0n) is 9.79. The molecule has 0 bridgehead atoms. The average molecular weight is 257 g/mol. The van der Waals surface area contributed by atoms with Crippen molar-refractivity contribution in [3.05, 3.63) is 0 Å². The van der Waals surface area contributed by atoms with Crippen LogP contribution in [0.15, 0.2) is 0 Å². The van der Waals surface area contributed by atoms with Crippen molar-refractivity contribution in [1.82, 2.24) is 4.90 Å². The first kappa shape index (κ1) is 16.2. The molecule has 0 heterocycles. The molecule has 17 heavy (non-hydrogen) atoms. The molecule has 0 aliphatic heterocycles. The topological polar surface area (TPSA) is 49.8 Å². The van der Waals surface area contributed by atoms with Gasteiger partial charge in [-0.25, -0.2) is 0 Å². The van der Waals surface area contributed by atoms with Gasteiger partial charge < -0.3 is 9.84 Å². The zero-order valence-corrected chi connectivity index (χ0v) is 9.79. The van der Waals surface area contributed by atoms with Crippen LogP contribution in [0.5, 0.6) is 0 Å². The first-order valence-electron chi connectivity index (χ1n) is 5.43. The highest BCUT2D eigenvalue weighted by Crippen LogP contribution is 2.14. The molecule has 0 radical (unpaired) electrons. The third-order valence-corrected chi connectivity index (χ3v) is 1.93. The van der Waals surface area contributed by atoms with Crippen LogP contribution in [0.3, 0.4) is 0 Å². The van der Waals surface area contributed by atoms with Crippen LogP contribution in [-0.2, 0) is 9.53 Å². The highest BCUT2D eigenvalue weighted by molar-refractivity contribution is 5.69. The number of halogens is 3. The Bertz CT molecular complexity index is 221. The molecule has 1 N–H and O–H groups in total. The van der Waals surface area contributed by atoms with Gasteiger partial charge in [-0.05, 0) is 19.4 Å². The fourth-order valence-corrected chi connectivity index (χ4v) is 1.36. The molecule has 0 spiro atoms. The lowest BCUT2D eigenvalue weighted by molar-refractivity contribution is -0.174. The van der Waals surface area contributed by atoms with Crippen LogP contribution in [0.1, 0.15) is 19.8 Å². The van der Waals surface area contributed by atoms with E-state index in [1.807, 2.05) is 6.92 Å². The molecular formula is C10H18F3NO3. The lowest BCUT2D eigenvalue weighted by Gasteiger charge is -2.19. The van der Waals surface area contributed by atoms with Crippen LogP contribution >= 0.6 is 0 Å². The van der Waals surface area contributed by atoms with E-state index in [1.54, 1.807) is 4.90 Å². The SMILES string of the molecule is CCCN(CCCOCC(F)(F)F)CC(=O)O. The van der Waals surface area contributed by atoms with Gasteiger partial charge in [-0.1, -0.05) is 6.92 Å². The normalized spacial score (nSPS) is 12.1. The van der Waals surface area contributed by atoms with Crippen LogP contribution in [0, 0.1) is 0 Å². The Morgan fingerprint density at radius 2 is 2.00 bits per heavy atom. The average Bonchev–Trinajstić information content (AvgIpc) is 2.14. The summed E-state index contributed by atoms with van der Waals surface area (Å²) < 4.78 is 39.6. The van der Waals surface area contributed by atoms with Gasteiger partial charge in [-0.3, -0.25) is 9.69 Å². The summed E-state index contributed by atoms with van der Waals surface area (Å²) >= 11 is 0. The van der Waals surface area contributed by atoms with Crippen LogP contribution in [-0.4, -0.2) is 55.0 Å². The van der Waals surface area contributed by atoms with Gasteiger partial charge in [0, 0.05) is 13.2 Å². The number of rotatable bonds is 9. The summed E-state index contributed by atoms with van der Waals surface area (Å²) in [6.07, 6.45) is -3.11. The first-order valence-corrected chi connectivity index (χ1v) is 5.43. The molecule has 0 unspecified atom stereocenters. The second-order valence-corrected chi connectivity index (χ2v) is 3.69. The van der Waals surface area contributed by atoms with Gasteiger partial charge in [0.15, 0.2) is 0 Å². The predicted octanol–water partition coefficient (Wildman–Crippen LogP) is 1.75. The van der Waals surface area contributed by atoms with Crippen molar-refractivity contribution in [2.75, 3.05) is 32.8 Å². The van der Waals surface area contributed by atoms with Crippen molar-refractivity contribution in [2.24, 2.45) is 0 Å². The maximum atomic E-state index is 11.7. The van der Waals surface area contributed by atoms with Crippen LogP contribution in [0.2, 0.25) is 0 Å². The van der Waals surface area contributed by atoms with Crippen molar-refractivity contribution in [3.8, 4) is 0 Å². The van der Waals surface area contributed by atoms with Crippen molar-refractivity contribution in [1.29, 1.82) is 0 Å². The van der Waals surface area contributed by atoms with E-state index >= 15 is 0 Å². The summed E-state index contributed by atoms with van der Waals surface area (Å²) in [5, 5.41) is 8.60. The molecule has 0 fully saturated rings. The molecular weight excluding hydrogens is 239 g/mol. The maximum absolute atomic E-state index is 11.7. The Balaban J connectivity index is 3.64. The van der Waals surface area contributed by atoms with Gasteiger partial charge in [0.2, 0.25) is 0 Å². The number of nitrogens with zero attached hydrogens (tertiary/aromatic N) is 1. The van der Waals surface area contributed by atoms with Gasteiger partial charge in [0.25, 0.3) is 0 Å². The van der Waals surface area contributed by atoms with E-state index < -0.39 is 18.8 Å². The largest absolute Gasteiger partial charge is 0.480 e. The number of carboxylic acids is 1. The van der Waals surface area contributed by atoms with Crippen LogP contribution in [0.4, 0.5) is 13.2 Å². The van der Waals surface area contributed by atoms with Crippen molar-refractivity contribution < 1.29 is 27.8 Å². The van der Waals surface area contributed by atoms with Crippen LogP contribution in [0.25, 0.3) is 0 Å². The third kappa shape index (κ3) is 11.4. The van der Waals surface area contributed by atoms with E-state index in [4.69, 9.17) is 5.11 Å². The lowest BCUT2D eigenvalue weighted by atomic mass is 10.3. The Hall–Kier alpha value is -0.820. The summed E-state index contributed by atoms with van der Waals surface area (Å²) in [5.41, 5.74) is 0. The smallest absolute Gasteiger partial charge is 0.411 e. The number of aliphatic carboxylic acids is 1. The molecule has 0 aromatic rings. The molecule has 7 heteroatoms. The van der Waals surface area contributed by atoms with E-state index in [0.717, 1.165) is 6.42 Å². The van der Waals surface area contributed by atoms with Gasteiger partial charge in [-0.2, -0.15) is 13.2 Å². The molecule has 0 aromatic carbocycles. The zero-order chi connectivity index (χ0) is 13.3. The summed E-state index contributed by atoms with van der Waals surface area (Å²) in [6.45, 7) is 1.60. The predicted molar refractivity (Wildman–Crippen MR) is 55.9 cm³/mol. The van der Waals surface area contributed by atoms with Gasteiger partial charge in [0.1, 0.15) is 6.61 Å². The highest BCUT2D eigenvalue weighted by atomic mass is 19.4. The molecule has 0 saturated carbocycles. The highest BCUT2D eigenvalue weighted by Gasteiger charge is 2.27. The Kier molecular flexibility index (Phi) is 7.90. The maximum Gasteiger partial charge on any atom is 0.411 e. The fraction of sp³-hybridized carbons (Fsp3) is 0.900. The standard InChI is InChI=1S/C10H18F3NO3/c1-2-4-14(7-9(15)16)5-3-6-17-8-10(11,12)13/h2-8H2,1H3,(H,15,16). The molecule has 0 atom stereocenters. The molecule has 4 nitrogen and oxygen atoms in total. The van der Waals surface area contributed by atoms with E-state index in [1.165, 1.54) is 0 Å². The van der Waals surface area contributed by atoms with E-state index in [-0.39, 0.29) is 13.2 Å². The quantitative estimate of drug-likeness (QED) is 0.639. The number of carbonyl (C=O) groups is 1. The van der Waals surface area contributed by atoms with Crippen molar-refractivity contribution >= 4 is 5.97 Å². The number of ether oxygens (including phenoxy) is 1. The minimum absolute atomic E-state index is 0.0145. The minimum atomic E-state index is -4.30. The number of hydrogen-bond donors (Lipinski definition) is 1. The molecule has 0 aliphatic rings. The number of carboxylic acid groups (broad SMARTS) is 1. The molecule has 0 aliphatic carbocycles. The lowest BCUT2D eigenvalue weighted by Crippen LogP contribution is -2.32. The van der Waals surface area contributed by atoms with Crippen molar-refractivity contribution in [3.63, 3.8) is 0 Å². The molecule has 0 aromatic heterocycles. The Morgan fingerprint density at radius 3 is 2.47 bits per heavy atom. The van der Waals surface area contributed by atoms with E-state index in [9.17, 15) is 18.0 Å². The van der Waals surface area contributed by atoms with E-state index in [0.29, 0.717) is 19.5 Å². The van der Waals surface area contributed by atoms with Gasteiger partial charge in [0.05, 0.1) is 6.54 Å².